The lowest BCUT2D eigenvalue weighted by Gasteiger charge is -2.28. The minimum absolute atomic E-state index is 0.0272. The molecule has 1 fully saturated rings. The number of benzene rings is 1. The van der Waals surface area contributed by atoms with Crippen LogP contribution in [0.15, 0.2) is 40.8 Å². The SMILES string of the molecule is C#CCNC(=O)C(=C=c1sc(=C=CNc2cccc(NC(=O)CN3COCC3(C)C)c2)c(=O)n1CC)C#N. The van der Waals surface area contributed by atoms with Crippen LogP contribution in [-0.2, 0) is 20.9 Å². The molecule has 0 radical (unpaired) electrons. The molecule has 3 rings (SSSR count). The zero-order valence-electron chi connectivity index (χ0n) is 21.4. The zero-order valence-corrected chi connectivity index (χ0v) is 22.2. The summed E-state index contributed by atoms with van der Waals surface area (Å²) in [6.07, 6.45) is 6.62. The van der Waals surface area contributed by atoms with Gasteiger partial charge in [0.25, 0.3) is 11.5 Å². The van der Waals surface area contributed by atoms with Gasteiger partial charge in [-0.15, -0.1) is 6.42 Å². The van der Waals surface area contributed by atoms with E-state index in [-0.39, 0.29) is 40.2 Å². The summed E-state index contributed by atoms with van der Waals surface area (Å²) in [6.45, 7) is 7.33. The Kier molecular flexibility index (Phi) is 9.48. The number of ether oxygens (including phenoxy) is 1. The number of rotatable bonds is 8. The number of terminal acetylenes is 1. The van der Waals surface area contributed by atoms with Crippen molar-refractivity contribution in [3.63, 3.8) is 0 Å². The van der Waals surface area contributed by atoms with Crippen molar-refractivity contribution in [1.29, 1.82) is 5.26 Å². The number of nitriles is 1. The molecule has 2 amide bonds. The van der Waals surface area contributed by atoms with Gasteiger partial charge in [-0.05, 0) is 39.0 Å². The molecule has 196 valence electrons. The Morgan fingerprint density at radius 2 is 2.08 bits per heavy atom. The fourth-order valence-corrected chi connectivity index (χ4v) is 4.50. The number of nitrogens with one attached hydrogen (secondary N) is 3. The Morgan fingerprint density at radius 1 is 1.32 bits per heavy atom. The number of aromatic nitrogens is 1. The summed E-state index contributed by atoms with van der Waals surface area (Å²) in [6, 6.07) is 8.92. The molecule has 3 N–H and O–H groups in total. The first-order valence-electron chi connectivity index (χ1n) is 11.7. The number of amides is 2. The van der Waals surface area contributed by atoms with Crippen LogP contribution in [0, 0.1) is 23.7 Å². The molecule has 1 aliphatic heterocycles. The summed E-state index contributed by atoms with van der Waals surface area (Å²) < 4.78 is 7.44. The minimum Gasteiger partial charge on any atom is -0.364 e. The second-order valence-electron chi connectivity index (χ2n) is 8.83. The minimum atomic E-state index is -0.666. The van der Waals surface area contributed by atoms with E-state index in [2.05, 4.69) is 33.3 Å². The van der Waals surface area contributed by atoms with Crippen molar-refractivity contribution in [2.24, 2.45) is 0 Å². The van der Waals surface area contributed by atoms with E-state index in [1.165, 1.54) is 10.8 Å². The van der Waals surface area contributed by atoms with E-state index in [0.29, 0.717) is 35.9 Å². The number of hydrogen-bond acceptors (Lipinski definition) is 8. The Labute approximate surface area is 224 Å². The number of carbonyl (C=O) groups is 2. The lowest BCUT2D eigenvalue weighted by molar-refractivity contribution is -0.118. The maximum Gasteiger partial charge on any atom is 0.277 e. The molecule has 1 saturated heterocycles. The maximum atomic E-state index is 12.8. The van der Waals surface area contributed by atoms with E-state index >= 15 is 0 Å². The molecule has 1 aliphatic rings. The smallest absolute Gasteiger partial charge is 0.277 e. The molecular formula is C27H28N6O4S. The molecule has 2 aromatic rings. The zero-order chi connectivity index (χ0) is 27.7. The third-order valence-corrected chi connectivity index (χ3v) is 6.62. The molecule has 0 bridgehead atoms. The summed E-state index contributed by atoms with van der Waals surface area (Å²) >= 11 is 1.05. The standard InChI is InChI=1S/C27H28N6O4S/c1-5-11-30-25(35)19(15-28)13-24-33(6-2)26(36)22(38-24)10-12-29-20-8-7-9-21(14-20)31-23(34)16-32-18-37-17-27(32,3)4/h1,7-9,12,14,29H,6,11,16-18H2,2-4H3,(H,30,35)(H,31,34). The number of thiazole rings is 1. The predicted octanol–water partition coefficient (Wildman–Crippen LogP) is 0.520. The first-order chi connectivity index (χ1) is 18.2. The Balaban J connectivity index is 1.81. The molecular weight excluding hydrogens is 504 g/mol. The summed E-state index contributed by atoms with van der Waals surface area (Å²) in [5.74, 6) is 1.45. The maximum absolute atomic E-state index is 12.8. The van der Waals surface area contributed by atoms with Gasteiger partial charge in [0, 0.05) is 29.7 Å². The van der Waals surface area contributed by atoms with Crippen LogP contribution in [0.4, 0.5) is 11.4 Å². The summed E-state index contributed by atoms with van der Waals surface area (Å²) in [5, 5.41) is 17.7. The summed E-state index contributed by atoms with van der Waals surface area (Å²) in [4.78, 5) is 39.4. The Hall–Kier alpha value is -4.34. The topological polar surface area (TPSA) is 128 Å². The van der Waals surface area contributed by atoms with Crippen molar-refractivity contribution in [1.82, 2.24) is 14.8 Å². The monoisotopic (exact) mass is 532 g/mol. The quantitative estimate of drug-likeness (QED) is 0.257. The van der Waals surface area contributed by atoms with Gasteiger partial charge in [-0.3, -0.25) is 23.9 Å². The average molecular weight is 533 g/mol. The molecule has 0 unspecified atom stereocenters. The third-order valence-electron chi connectivity index (χ3n) is 5.60. The van der Waals surface area contributed by atoms with Crippen LogP contribution >= 0.6 is 11.3 Å². The van der Waals surface area contributed by atoms with Crippen LogP contribution in [-0.4, -0.2) is 53.2 Å². The fraction of sp³-hybridized carbons (Fsp3) is 0.333. The highest BCUT2D eigenvalue weighted by Gasteiger charge is 2.34. The van der Waals surface area contributed by atoms with Gasteiger partial charge in [0.2, 0.25) is 5.91 Å². The lowest BCUT2D eigenvalue weighted by Crippen LogP contribution is -2.44. The van der Waals surface area contributed by atoms with Crippen LogP contribution in [0.3, 0.4) is 0 Å². The molecule has 38 heavy (non-hydrogen) atoms. The van der Waals surface area contributed by atoms with E-state index in [9.17, 15) is 19.6 Å². The first kappa shape index (κ1) is 28.2. The molecule has 0 aliphatic carbocycles. The molecule has 1 aromatic carbocycles. The Bertz CT molecular complexity index is 1560. The van der Waals surface area contributed by atoms with Gasteiger partial charge in [0.1, 0.15) is 22.0 Å². The highest BCUT2D eigenvalue weighted by molar-refractivity contribution is 7.07. The summed E-state index contributed by atoms with van der Waals surface area (Å²) in [5.41, 5.74) is 6.11. The lowest BCUT2D eigenvalue weighted by atomic mass is 10.1. The van der Waals surface area contributed by atoms with Crippen molar-refractivity contribution in [3.05, 3.63) is 55.6 Å². The van der Waals surface area contributed by atoms with E-state index in [4.69, 9.17) is 11.2 Å². The van der Waals surface area contributed by atoms with Crippen molar-refractivity contribution in [2.45, 2.75) is 32.9 Å². The van der Waals surface area contributed by atoms with Gasteiger partial charge in [0.15, 0.2) is 5.57 Å². The van der Waals surface area contributed by atoms with Gasteiger partial charge >= 0.3 is 0 Å². The number of hydrogen-bond donors (Lipinski definition) is 3. The normalized spacial score (nSPS) is 13.8. The highest BCUT2D eigenvalue weighted by Crippen LogP contribution is 2.21. The van der Waals surface area contributed by atoms with Crippen LogP contribution in [0.5, 0.6) is 0 Å². The third kappa shape index (κ3) is 7.12. The second-order valence-corrected chi connectivity index (χ2v) is 9.83. The van der Waals surface area contributed by atoms with Gasteiger partial charge in [-0.2, -0.15) is 5.26 Å². The van der Waals surface area contributed by atoms with Gasteiger partial charge in [-0.25, -0.2) is 0 Å². The van der Waals surface area contributed by atoms with Crippen LogP contribution < -0.4 is 30.7 Å². The van der Waals surface area contributed by atoms with Gasteiger partial charge < -0.3 is 20.7 Å². The van der Waals surface area contributed by atoms with Crippen LogP contribution in [0.2, 0.25) is 0 Å². The highest BCUT2D eigenvalue weighted by atomic mass is 32.1. The van der Waals surface area contributed by atoms with Crippen molar-refractivity contribution in [2.75, 3.05) is 37.1 Å². The van der Waals surface area contributed by atoms with E-state index in [1.807, 2.05) is 18.7 Å². The Morgan fingerprint density at radius 3 is 2.74 bits per heavy atom. The molecule has 0 saturated carbocycles. The van der Waals surface area contributed by atoms with E-state index < -0.39 is 5.91 Å². The van der Waals surface area contributed by atoms with E-state index in [1.54, 1.807) is 37.3 Å². The van der Waals surface area contributed by atoms with Gasteiger partial charge in [-0.1, -0.05) is 34.8 Å². The molecule has 1 aromatic heterocycles. The van der Waals surface area contributed by atoms with Gasteiger partial charge in [0.05, 0.1) is 19.7 Å². The van der Waals surface area contributed by atoms with Crippen LogP contribution in [0.25, 0.3) is 11.5 Å². The van der Waals surface area contributed by atoms with Crippen molar-refractivity contribution in [3.8, 4) is 18.4 Å². The predicted molar refractivity (Wildman–Crippen MR) is 146 cm³/mol. The molecule has 11 heteroatoms. The molecule has 0 spiro atoms. The summed E-state index contributed by atoms with van der Waals surface area (Å²) in [7, 11) is 0. The molecule has 0 atom stereocenters. The largest absolute Gasteiger partial charge is 0.364 e. The van der Waals surface area contributed by atoms with Crippen LogP contribution in [0.1, 0.15) is 20.8 Å². The van der Waals surface area contributed by atoms with Crippen molar-refractivity contribution >= 4 is 46.0 Å². The number of carbonyl (C=O) groups excluding carboxylic acids is 2. The second kappa shape index (κ2) is 12.8. The first-order valence-corrected chi connectivity index (χ1v) is 12.6. The molecule has 10 nitrogen and oxygen atoms in total. The number of nitrogens with zero attached hydrogens (tertiary/aromatic N) is 3. The average Bonchev–Trinajstić information content (AvgIpc) is 3.37. The molecule has 2 heterocycles. The van der Waals surface area contributed by atoms with Crippen molar-refractivity contribution < 1.29 is 14.3 Å². The number of anilines is 2. The van der Waals surface area contributed by atoms with E-state index in [0.717, 1.165) is 11.3 Å². The fourth-order valence-electron chi connectivity index (χ4n) is 3.52.